The Morgan fingerprint density at radius 1 is 1.60 bits per heavy atom. The second kappa shape index (κ2) is 5.66. The molecule has 15 heavy (non-hydrogen) atoms. The number of hydrogen-bond acceptors (Lipinski definition) is 3. The molecule has 0 saturated heterocycles. The van der Waals surface area contributed by atoms with Crippen molar-refractivity contribution in [2.24, 2.45) is 0 Å². The number of pyridine rings is 1. The van der Waals surface area contributed by atoms with Gasteiger partial charge in [-0.25, -0.2) is 4.79 Å². The van der Waals surface area contributed by atoms with Crippen molar-refractivity contribution >= 4 is 28.0 Å². The van der Waals surface area contributed by atoms with Gasteiger partial charge in [-0.05, 0) is 48.0 Å². The summed E-state index contributed by atoms with van der Waals surface area (Å²) in [4.78, 5) is 15.4. The maximum absolute atomic E-state index is 11.3. The van der Waals surface area contributed by atoms with Crippen LogP contribution in [0.5, 0.6) is 0 Å². The number of rotatable bonds is 3. The van der Waals surface area contributed by atoms with Crippen molar-refractivity contribution in [1.82, 2.24) is 4.98 Å². The molecule has 0 aliphatic rings. The second-order valence-electron chi connectivity index (χ2n) is 2.95. The molecule has 0 unspecified atom stereocenters. The summed E-state index contributed by atoms with van der Waals surface area (Å²) < 4.78 is 5.77. The van der Waals surface area contributed by atoms with Crippen LogP contribution in [0.1, 0.15) is 19.5 Å². The van der Waals surface area contributed by atoms with Gasteiger partial charge in [-0.2, -0.15) is 0 Å². The number of ether oxygens (including phenoxy) is 1. The van der Waals surface area contributed by atoms with Crippen LogP contribution in [0.25, 0.3) is 6.08 Å². The molecule has 4 heteroatoms. The molecular formula is C11H12BrNO2. The molecule has 1 aromatic rings. The first kappa shape index (κ1) is 11.9. The fraction of sp³-hybridized carbons (Fsp3) is 0.273. The number of aromatic nitrogens is 1. The van der Waals surface area contributed by atoms with Crippen molar-refractivity contribution in [1.29, 1.82) is 0 Å². The summed E-state index contributed by atoms with van der Waals surface area (Å²) in [5.74, 6) is -0.304. The van der Waals surface area contributed by atoms with Gasteiger partial charge in [0.25, 0.3) is 0 Å². The molecule has 1 rings (SSSR count). The number of nitrogens with zero attached hydrogens (tertiary/aromatic N) is 1. The average Bonchev–Trinajstić information content (AvgIpc) is 2.22. The molecule has 0 aliphatic carbocycles. The molecule has 0 aliphatic heterocycles. The number of hydrogen-bond donors (Lipinski definition) is 0. The van der Waals surface area contributed by atoms with Gasteiger partial charge in [0.15, 0.2) is 0 Å². The molecule has 0 radical (unpaired) electrons. The zero-order valence-electron chi connectivity index (χ0n) is 8.66. The predicted molar refractivity (Wildman–Crippen MR) is 62.2 cm³/mol. The van der Waals surface area contributed by atoms with Crippen LogP contribution in [0.15, 0.2) is 28.4 Å². The Bertz CT molecular complexity index is 371. The van der Waals surface area contributed by atoms with Crippen molar-refractivity contribution in [3.63, 3.8) is 0 Å². The van der Waals surface area contributed by atoms with E-state index in [0.29, 0.717) is 12.2 Å². The Morgan fingerprint density at radius 2 is 2.33 bits per heavy atom. The molecular weight excluding hydrogens is 258 g/mol. The Balaban J connectivity index is 2.78. The van der Waals surface area contributed by atoms with Gasteiger partial charge in [0.2, 0.25) is 0 Å². The van der Waals surface area contributed by atoms with E-state index in [0.717, 1.165) is 10.2 Å². The highest BCUT2D eigenvalue weighted by Gasteiger charge is 2.04. The molecule has 3 nitrogen and oxygen atoms in total. The third kappa shape index (κ3) is 3.83. The maximum atomic E-state index is 11.3. The molecule has 80 valence electrons. The molecule has 0 spiro atoms. The largest absolute Gasteiger partial charge is 0.463 e. The highest BCUT2D eigenvalue weighted by molar-refractivity contribution is 9.10. The van der Waals surface area contributed by atoms with Crippen LogP contribution in [0.2, 0.25) is 0 Å². The Kier molecular flexibility index (Phi) is 4.49. The van der Waals surface area contributed by atoms with Crippen molar-refractivity contribution in [3.05, 3.63) is 34.1 Å². The molecule has 0 bridgehead atoms. The average molecular weight is 270 g/mol. The van der Waals surface area contributed by atoms with E-state index in [-0.39, 0.29) is 5.97 Å². The molecule has 0 N–H and O–H groups in total. The SMILES string of the molecule is CCOC(=O)/C(C)=C/c1ccc(Br)cn1. The standard InChI is InChI=1S/C11H12BrNO2/c1-3-15-11(14)8(2)6-10-5-4-9(12)7-13-10/h4-7H,3H2,1-2H3/b8-6+. The molecule has 1 heterocycles. The Morgan fingerprint density at radius 3 is 2.87 bits per heavy atom. The van der Waals surface area contributed by atoms with Crippen LogP contribution in [0, 0.1) is 0 Å². The number of carbonyl (C=O) groups is 1. The van der Waals surface area contributed by atoms with E-state index in [1.807, 2.05) is 12.1 Å². The van der Waals surface area contributed by atoms with Gasteiger partial charge in [-0.15, -0.1) is 0 Å². The lowest BCUT2D eigenvalue weighted by Crippen LogP contribution is -2.04. The van der Waals surface area contributed by atoms with Gasteiger partial charge in [-0.3, -0.25) is 4.98 Å². The number of esters is 1. The maximum Gasteiger partial charge on any atom is 0.333 e. The Labute approximate surface area is 97.3 Å². The normalized spacial score (nSPS) is 11.3. The minimum atomic E-state index is -0.304. The van der Waals surface area contributed by atoms with Gasteiger partial charge >= 0.3 is 5.97 Å². The third-order valence-corrected chi connectivity index (χ3v) is 2.18. The van der Waals surface area contributed by atoms with E-state index >= 15 is 0 Å². The number of carbonyl (C=O) groups excluding carboxylic acids is 1. The fourth-order valence-electron chi connectivity index (χ4n) is 0.998. The van der Waals surface area contributed by atoms with E-state index in [9.17, 15) is 4.79 Å². The van der Waals surface area contributed by atoms with E-state index in [2.05, 4.69) is 20.9 Å². The minimum absolute atomic E-state index is 0.304. The second-order valence-corrected chi connectivity index (χ2v) is 3.86. The van der Waals surface area contributed by atoms with E-state index in [1.165, 1.54) is 0 Å². The molecule has 0 saturated carbocycles. The predicted octanol–water partition coefficient (Wildman–Crippen LogP) is 2.81. The van der Waals surface area contributed by atoms with Gasteiger partial charge in [0.05, 0.1) is 12.3 Å². The van der Waals surface area contributed by atoms with Crippen LogP contribution >= 0.6 is 15.9 Å². The molecule has 0 aromatic carbocycles. The van der Waals surface area contributed by atoms with Gasteiger partial charge in [0.1, 0.15) is 0 Å². The summed E-state index contributed by atoms with van der Waals surface area (Å²) in [5.41, 5.74) is 1.29. The van der Waals surface area contributed by atoms with Crippen LogP contribution in [-0.4, -0.2) is 17.6 Å². The van der Waals surface area contributed by atoms with Crippen molar-refractivity contribution in [3.8, 4) is 0 Å². The summed E-state index contributed by atoms with van der Waals surface area (Å²) in [6.07, 6.45) is 3.38. The summed E-state index contributed by atoms with van der Waals surface area (Å²) in [6.45, 7) is 3.88. The van der Waals surface area contributed by atoms with Crippen LogP contribution in [0.4, 0.5) is 0 Å². The minimum Gasteiger partial charge on any atom is -0.463 e. The highest BCUT2D eigenvalue weighted by Crippen LogP contribution is 2.10. The van der Waals surface area contributed by atoms with Gasteiger partial charge < -0.3 is 4.74 Å². The highest BCUT2D eigenvalue weighted by atomic mass is 79.9. The lowest BCUT2D eigenvalue weighted by molar-refractivity contribution is -0.138. The summed E-state index contributed by atoms with van der Waals surface area (Å²) in [5, 5.41) is 0. The van der Waals surface area contributed by atoms with E-state index in [4.69, 9.17) is 4.74 Å². The zero-order valence-corrected chi connectivity index (χ0v) is 10.2. The van der Waals surface area contributed by atoms with Crippen LogP contribution < -0.4 is 0 Å². The Hall–Kier alpha value is -1.16. The lowest BCUT2D eigenvalue weighted by Gasteiger charge is -2.01. The molecule has 0 fully saturated rings. The monoisotopic (exact) mass is 269 g/mol. The summed E-state index contributed by atoms with van der Waals surface area (Å²) >= 11 is 3.29. The quantitative estimate of drug-likeness (QED) is 0.626. The topological polar surface area (TPSA) is 39.2 Å². The van der Waals surface area contributed by atoms with Crippen molar-refractivity contribution in [2.75, 3.05) is 6.61 Å². The van der Waals surface area contributed by atoms with Crippen molar-refractivity contribution in [2.45, 2.75) is 13.8 Å². The molecule has 0 atom stereocenters. The van der Waals surface area contributed by atoms with Crippen LogP contribution in [-0.2, 0) is 9.53 Å². The summed E-state index contributed by atoms with van der Waals surface area (Å²) in [6, 6.07) is 3.70. The first-order valence-electron chi connectivity index (χ1n) is 4.60. The first-order chi connectivity index (χ1) is 7.13. The van der Waals surface area contributed by atoms with E-state index < -0.39 is 0 Å². The fourth-order valence-corrected chi connectivity index (χ4v) is 1.23. The smallest absolute Gasteiger partial charge is 0.333 e. The lowest BCUT2D eigenvalue weighted by atomic mass is 10.2. The third-order valence-electron chi connectivity index (χ3n) is 1.71. The van der Waals surface area contributed by atoms with Crippen LogP contribution in [0.3, 0.4) is 0 Å². The molecule has 0 amide bonds. The zero-order chi connectivity index (χ0) is 11.3. The van der Waals surface area contributed by atoms with E-state index in [1.54, 1.807) is 26.1 Å². The van der Waals surface area contributed by atoms with Gasteiger partial charge in [0, 0.05) is 16.2 Å². The first-order valence-corrected chi connectivity index (χ1v) is 5.39. The number of halogens is 1. The van der Waals surface area contributed by atoms with Gasteiger partial charge in [-0.1, -0.05) is 0 Å². The van der Waals surface area contributed by atoms with Crippen molar-refractivity contribution < 1.29 is 9.53 Å². The molecule has 1 aromatic heterocycles. The summed E-state index contributed by atoms with van der Waals surface area (Å²) in [7, 11) is 0.